The van der Waals surface area contributed by atoms with Gasteiger partial charge in [-0.3, -0.25) is 4.79 Å². The Morgan fingerprint density at radius 3 is 2.37 bits per heavy atom. The lowest BCUT2D eigenvalue weighted by molar-refractivity contribution is -0.122. The van der Waals surface area contributed by atoms with E-state index < -0.39 is 0 Å². The number of nitrogens with one attached hydrogen (secondary N) is 1. The summed E-state index contributed by atoms with van der Waals surface area (Å²) in [4.78, 5) is 14.2. The molecule has 0 saturated carbocycles. The second kappa shape index (κ2) is 11.2. The van der Waals surface area contributed by atoms with Crippen LogP contribution in [-0.4, -0.2) is 43.5 Å². The molecule has 0 spiro atoms. The Kier molecular flexibility index (Phi) is 10.9. The predicted molar refractivity (Wildman–Crippen MR) is 82.0 cm³/mol. The first-order chi connectivity index (χ1) is 9.03. The lowest BCUT2D eigenvalue weighted by Gasteiger charge is -2.19. The Morgan fingerprint density at radius 1 is 1.26 bits per heavy atom. The highest BCUT2D eigenvalue weighted by atomic mass is 16.1. The number of hydrogen-bond acceptors (Lipinski definition) is 3. The molecule has 0 bridgehead atoms. The highest BCUT2D eigenvalue weighted by Gasteiger charge is 2.13. The smallest absolute Gasteiger partial charge is 0.220 e. The monoisotopic (exact) mass is 271 g/mol. The quantitative estimate of drug-likeness (QED) is 0.564. The van der Waals surface area contributed by atoms with E-state index in [1.54, 1.807) is 0 Å². The number of carbonyl (C=O) groups excluding carboxylic acids is 1. The lowest BCUT2D eigenvalue weighted by atomic mass is 9.94. The van der Waals surface area contributed by atoms with Crippen LogP contribution in [0.4, 0.5) is 0 Å². The van der Waals surface area contributed by atoms with Gasteiger partial charge in [-0.25, -0.2) is 0 Å². The first-order valence-corrected chi connectivity index (χ1v) is 7.72. The molecule has 0 aliphatic heterocycles. The summed E-state index contributed by atoms with van der Waals surface area (Å²) in [5, 5.41) is 3.00. The average molecular weight is 271 g/mol. The molecule has 0 fully saturated rings. The van der Waals surface area contributed by atoms with Crippen molar-refractivity contribution in [2.24, 2.45) is 17.6 Å². The van der Waals surface area contributed by atoms with Gasteiger partial charge in [-0.15, -0.1) is 0 Å². The third-order valence-electron chi connectivity index (χ3n) is 3.48. The molecule has 0 radical (unpaired) electrons. The van der Waals surface area contributed by atoms with Crippen molar-refractivity contribution in [2.45, 2.75) is 47.0 Å². The molecule has 0 aliphatic rings. The highest BCUT2D eigenvalue weighted by Crippen LogP contribution is 2.13. The van der Waals surface area contributed by atoms with E-state index in [0.717, 1.165) is 39.0 Å². The average Bonchev–Trinajstić information content (AvgIpc) is 2.37. The van der Waals surface area contributed by atoms with Gasteiger partial charge < -0.3 is 16.0 Å². The van der Waals surface area contributed by atoms with E-state index in [9.17, 15) is 4.79 Å². The zero-order valence-electron chi connectivity index (χ0n) is 13.2. The lowest BCUT2D eigenvalue weighted by Crippen LogP contribution is -2.32. The molecule has 0 rings (SSSR count). The molecular weight excluding hydrogens is 238 g/mol. The maximum absolute atomic E-state index is 11.8. The predicted octanol–water partition coefficient (Wildman–Crippen LogP) is 1.85. The number of hydrogen-bond donors (Lipinski definition) is 2. The molecule has 0 unspecified atom stereocenters. The van der Waals surface area contributed by atoms with Crippen LogP contribution in [-0.2, 0) is 4.79 Å². The van der Waals surface area contributed by atoms with Gasteiger partial charge in [-0.05, 0) is 50.9 Å². The van der Waals surface area contributed by atoms with Gasteiger partial charge in [0.15, 0.2) is 0 Å². The van der Waals surface area contributed by atoms with E-state index in [2.05, 4.69) is 37.9 Å². The normalized spacial score (nSPS) is 13.0. The van der Waals surface area contributed by atoms with E-state index >= 15 is 0 Å². The van der Waals surface area contributed by atoms with Crippen LogP contribution in [0.5, 0.6) is 0 Å². The van der Waals surface area contributed by atoms with Gasteiger partial charge >= 0.3 is 0 Å². The van der Waals surface area contributed by atoms with Gasteiger partial charge in [0, 0.05) is 13.0 Å². The van der Waals surface area contributed by atoms with Crippen molar-refractivity contribution in [1.29, 1.82) is 0 Å². The zero-order chi connectivity index (χ0) is 14.7. The molecule has 1 amide bonds. The van der Waals surface area contributed by atoms with E-state index in [0.29, 0.717) is 24.8 Å². The third kappa shape index (κ3) is 9.91. The zero-order valence-corrected chi connectivity index (χ0v) is 13.2. The third-order valence-corrected chi connectivity index (χ3v) is 3.48. The van der Waals surface area contributed by atoms with E-state index in [4.69, 9.17) is 5.73 Å². The van der Waals surface area contributed by atoms with Crippen molar-refractivity contribution in [3.05, 3.63) is 0 Å². The molecule has 1 atom stereocenters. The topological polar surface area (TPSA) is 58.4 Å². The summed E-state index contributed by atoms with van der Waals surface area (Å²) in [6, 6.07) is 0. The van der Waals surface area contributed by atoms with E-state index in [1.165, 1.54) is 0 Å². The SMILES string of the molecule is CCN(CC)CCCNC(=O)C[C@@H](CN)CC(C)C. The molecule has 0 aromatic rings. The van der Waals surface area contributed by atoms with Crippen LogP contribution in [0.2, 0.25) is 0 Å². The highest BCUT2D eigenvalue weighted by molar-refractivity contribution is 5.76. The van der Waals surface area contributed by atoms with Gasteiger partial charge in [-0.1, -0.05) is 27.7 Å². The minimum absolute atomic E-state index is 0.149. The number of carbonyl (C=O) groups is 1. The molecule has 19 heavy (non-hydrogen) atoms. The Morgan fingerprint density at radius 2 is 1.89 bits per heavy atom. The van der Waals surface area contributed by atoms with Gasteiger partial charge in [0.2, 0.25) is 5.91 Å². The van der Waals surface area contributed by atoms with Gasteiger partial charge in [-0.2, -0.15) is 0 Å². The molecule has 3 N–H and O–H groups in total. The molecule has 0 aromatic heterocycles. The molecular formula is C15H33N3O. The van der Waals surface area contributed by atoms with Gasteiger partial charge in [0.05, 0.1) is 0 Å². The maximum atomic E-state index is 11.8. The number of nitrogens with zero attached hydrogens (tertiary/aromatic N) is 1. The van der Waals surface area contributed by atoms with Crippen LogP contribution in [0.3, 0.4) is 0 Å². The Hall–Kier alpha value is -0.610. The largest absolute Gasteiger partial charge is 0.356 e. The summed E-state index contributed by atoms with van der Waals surface area (Å²) in [6.07, 6.45) is 2.62. The standard InChI is InChI=1S/C15H33N3O/c1-5-18(6-2)9-7-8-17-15(19)11-14(12-16)10-13(3)4/h13-14H,5-12,16H2,1-4H3,(H,17,19)/t14-/m0/s1. The molecule has 4 heteroatoms. The van der Waals surface area contributed by atoms with Crippen LogP contribution in [0.15, 0.2) is 0 Å². The fourth-order valence-electron chi connectivity index (χ4n) is 2.33. The summed E-state index contributed by atoms with van der Waals surface area (Å²) in [5.41, 5.74) is 5.71. The Labute approximate surface area is 119 Å². The Balaban J connectivity index is 3.73. The second-order valence-electron chi connectivity index (χ2n) is 5.67. The molecule has 4 nitrogen and oxygen atoms in total. The summed E-state index contributed by atoms with van der Waals surface area (Å²) in [5.74, 6) is 1.07. The molecule has 0 heterocycles. The first-order valence-electron chi connectivity index (χ1n) is 7.72. The fraction of sp³-hybridized carbons (Fsp3) is 0.933. The molecule has 114 valence electrons. The summed E-state index contributed by atoms with van der Waals surface area (Å²) in [6.45, 7) is 13.3. The minimum atomic E-state index is 0.149. The van der Waals surface area contributed by atoms with Crippen molar-refractivity contribution in [2.75, 3.05) is 32.7 Å². The van der Waals surface area contributed by atoms with E-state index in [-0.39, 0.29) is 5.91 Å². The fourth-order valence-corrected chi connectivity index (χ4v) is 2.33. The summed E-state index contributed by atoms with van der Waals surface area (Å²) >= 11 is 0. The van der Waals surface area contributed by atoms with Crippen molar-refractivity contribution < 1.29 is 4.79 Å². The minimum Gasteiger partial charge on any atom is -0.356 e. The van der Waals surface area contributed by atoms with Crippen LogP contribution >= 0.6 is 0 Å². The van der Waals surface area contributed by atoms with Crippen LogP contribution in [0.25, 0.3) is 0 Å². The van der Waals surface area contributed by atoms with Crippen LogP contribution in [0.1, 0.15) is 47.0 Å². The summed E-state index contributed by atoms with van der Waals surface area (Å²) in [7, 11) is 0. The van der Waals surface area contributed by atoms with Gasteiger partial charge in [0.1, 0.15) is 0 Å². The number of nitrogens with two attached hydrogens (primary N) is 1. The molecule has 0 aliphatic carbocycles. The molecule has 0 aromatic carbocycles. The van der Waals surface area contributed by atoms with Crippen molar-refractivity contribution in [3.63, 3.8) is 0 Å². The van der Waals surface area contributed by atoms with Gasteiger partial charge in [0.25, 0.3) is 0 Å². The Bertz CT molecular complexity index is 227. The van der Waals surface area contributed by atoms with Crippen molar-refractivity contribution in [3.8, 4) is 0 Å². The van der Waals surface area contributed by atoms with Crippen LogP contribution < -0.4 is 11.1 Å². The molecule has 0 saturated heterocycles. The second-order valence-corrected chi connectivity index (χ2v) is 5.67. The van der Waals surface area contributed by atoms with Crippen molar-refractivity contribution in [1.82, 2.24) is 10.2 Å². The summed E-state index contributed by atoms with van der Waals surface area (Å²) < 4.78 is 0. The number of amides is 1. The number of rotatable bonds is 11. The van der Waals surface area contributed by atoms with E-state index in [1.807, 2.05) is 0 Å². The first kappa shape index (κ1) is 18.4. The van der Waals surface area contributed by atoms with Crippen molar-refractivity contribution >= 4 is 5.91 Å². The van der Waals surface area contributed by atoms with Crippen LogP contribution in [0, 0.1) is 11.8 Å². The maximum Gasteiger partial charge on any atom is 0.220 e.